The van der Waals surface area contributed by atoms with E-state index in [9.17, 15) is 9.59 Å². The average Bonchev–Trinajstić information content (AvgIpc) is 2.62. The lowest BCUT2D eigenvalue weighted by Crippen LogP contribution is -2.43. The molecule has 0 aromatic carbocycles. The van der Waals surface area contributed by atoms with Gasteiger partial charge in [0.2, 0.25) is 0 Å². The Balaban J connectivity index is 2.31. The van der Waals surface area contributed by atoms with E-state index in [2.05, 4.69) is 5.32 Å². The lowest BCUT2D eigenvalue weighted by molar-refractivity contribution is -0.135. The number of imide groups is 1. The van der Waals surface area contributed by atoms with Crippen LogP contribution in [0.5, 0.6) is 0 Å². The van der Waals surface area contributed by atoms with E-state index in [4.69, 9.17) is 4.74 Å². The SMILES string of the molecule is CC1(C2(C)OC(=O)NC2=O)CC1. The van der Waals surface area contributed by atoms with Crippen LogP contribution in [0, 0.1) is 5.41 Å². The maximum atomic E-state index is 11.3. The van der Waals surface area contributed by atoms with Crippen molar-refractivity contribution < 1.29 is 14.3 Å². The van der Waals surface area contributed by atoms with Crippen LogP contribution in [0.25, 0.3) is 0 Å². The molecule has 66 valence electrons. The van der Waals surface area contributed by atoms with Crippen LogP contribution in [0.4, 0.5) is 4.79 Å². The Morgan fingerprint density at radius 2 is 1.92 bits per heavy atom. The summed E-state index contributed by atoms with van der Waals surface area (Å²) in [4.78, 5) is 22.1. The van der Waals surface area contributed by atoms with Gasteiger partial charge in [-0.05, 0) is 19.8 Å². The zero-order valence-electron chi connectivity index (χ0n) is 7.14. The van der Waals surface area contributed by atoms with Crippen LogP contribution >= 0.6 is 0 Å². The van der Waals surface area contributed by atoms with E-state index in [1.54, 1.807) is 6.92 Å². The largest absolute Gasteiger partial charge is 0.432 e. The highest BCUT2D eigenvalue weighted by atomic mass is 16.6. The molecule has 4 heteroatoms. The average molecular weight is 169 g/mol. The molecule has 2 aliphatic rings. The maximum Gasteiger partial charge on any atom is 0.415 e. The molecule has 0 radical (unpaired) electrons. The standard InChI is InChI=1S/C8H11NO3/c1-7(3-4-7)8(2)5(10)9-6(11)12-8/h3-4H2,1-2H3,(H,9,10,11). The molecule has 0 aromatic heterocycles. The van der Waals surface area contributed by atoms with Gasteiger partial charge in [-0.1, -0.05) is 6.92 Å². The summed E-state index contributed by atoms with van der Waals surface area (Å²) in [5, 5.41) is 2.15. The molecule has 0 aromatic rings. The molecular formula is C8H11NO3. The summed E-state index contributed by atoms with van der Waals surface area (Å²) in [6.07, 6.45) is 1.28. The number of amides is 2. The van der Waals surface area contributed by atoms with Crippen molar-refractivity contribution in [2.75, 3.05) is 0 Å². The molecule has 0 bridgehead atoms. The van der Waals surface area contributed by atoms with Gasteiger partial charge in [0.1, 0.15) is 0 Å². The number of ether oxygens (including phenoxy) is 1. The second kappa shape index (κ2) is 1.81. The molecule has 1 unspecified atom stereocenters. The number of hydrogen-bond donors (Lipinski definition) is 1. The first-order valence-corrected chi connectivity index (χ1v) is 4.02. The van der Waals surface area contributed by atoms with Gasteiger partial charge in [-0.15, -0.1) is 0 Å². The number of alkyl carbamates (subject to hydrolysis) is 1. The molecule has 1 saturated carbocycles. The molecule has 1 aliphatic heterocycles. The number of nitrogens with one attached hydrogen (secondary N) is 1. The van der Waals surface area contributed by atoms with Gasteiger partial charge in [0.15, 0.2) is 5.60 Å². The Bertz CT molecular complexity index is 269. The summed E-state index contributed by atoms with van der Waals surface area (Å²) >= 11 is 0. The molecule has 1 saturated heterocycles. The van der Waals surface area contributed by atoms with Crippen LogP contribution in [0.15, 0.2) is 0 Å². The minimum absolute atomic E-state index is 0.136. The van der Waals surface area contributed by atoms with Crippen LogP contribution < -0.4 is 5.32 Å². The van der Waals surface area contributed by atoms with Crippen molar-refractivity contribution in [1.82, 2.24) is 5.32 Å². The minimum atomic E-state index is -0.927. The van der Waals surface area contributed by atoms with Crippen molar-refractivity contribution in [2.45, 2.75) is 32.3 Å². The normalized spacial score (nSPS) is 37.5. The molecule has 12 heavy (non-hydrogen) atoms. The van der Waals surface area contributed by atoms with Crippen LogP contribution in [-0.2, 0) is 9.53 Å². The van der Waals surface area contributed by atoms with Gasteiger partial charge < -0.3 is 4.74 Å². The highest BCUT2D eigenvalue weighted by molar-refractivity contribution is 6.03. The van der Waals surface area contributed by atoms with E-state index in [1.165, 1.54) is 0 Å². The van der Waals surface area contributed by atoms with Gasteiger partial charge in [0, 0.05) is 5.41 Å². The highest BCUT2D eigenvalue weighted by Gasteiger charge is 2.63. The van der Waals surface area contributed by atoms with E-state index < -0.39 is 11.7 Å². The number of hydrogen-bond acceptors (Lipinski definition) is 3. The van der Waals surface area contributed by atoms with Crippen molar-refractivity contribution in [3.63, 3.8) is 0 Å². The molecule has 1 N–H and O–H groups in total. The molecule has 2 fully saturated rings. The van der Waals surface area contributed by atoms with Crippen molar-refractivity contribution in [3.8, 4) is 0 Å². The lowest BCUT2D eigenvalue weighted by atomic mass is 9.87. The molecule has 2 rings (SSSR count). The first kappa shape index (κ1) is 7.58. The summed E-state index contributed by atoms with van der Waals surface area (Å²) in [5.41, 5.74) is -1.06. The number of carbonyl (C=O) groups excluding carboxylic acids is 2. The zero-order valence-corrected chi connectivity index (χ0v) is 7.14. The number of rotatable bonds is 1. The molecule has 0 spiro atoms. The minimum Gasteiger partial charge on any atom is -0.432 e. The molecular weight excluding hydrogens is 158 g/mol. The van der Waals surface area contributed by atoms with Crippen LogP contribution in [-0.4, -0.2) is 17.6 Å². The molecule has 1 atom stereocenters. The third-order valence-electron chi connectivity index (χ3n) is 3.10. The van der Waals surface area contributed by atoms with E-state index in [0.29, 0.717) is 0 Å². The summed E-state index contributed by atoms with van der Waals surface area (Å²) in [6, 6.07) is 0. The Morgan fingerprint density at radius 3 is 2.25 bits per heavy atom. The predicted octanol–water partition coefficient (Wildman–Crippen LogP) is 0.812. The fourth-order valence-electron chi connectivity index (χ4n) is 1.53. The fourth-order valence-corrected chi connectivity index (χ4v) is 1.53. The first-order valence-electron chi connectivity index (χ1n) is 4.02. The first-order chi connectivity index (χ1) is 5.48. The van der Waals surface area contributed by atoms with Crippen molar-refractivity contribution in [1.29, 1.82) is 0 Å². The van der Waals surface area contributed by atoms with Gasteiger partial charge >= 0.3 is 6.09 Å². The lowest BCUT2D eigenvalue weighted by Gasteiger charge is -2.25. The quantitative estimate of drug-likeness (QED) is 0.632. The summed E-state index contributed by atoms with van der Waals surface area (Å²) in [6.45, 7) is 3.64. The zero-order chi connectivity index (χ0) is 8.98. The fraction of sp³-hybridized carbons (Fsp3) is 0.750. The smallest absolute Gasteiger partial charge is 0.415 e. The van der Waals surface area contributed by atoms with Gasteiger partial charge in [-0.3, -0.25) is 10.1 Å². The Labute approximate surface area is 70.3 Å². The van der Waals surface area contributed by atoms with Crippen molar-refractivity contribution in [2.24, 2.45) is 5.41 Å². The van der Waals surface area contributed by atoms with Gasteiger partial charge in [0.05, 0.1) is 0 Å². The van der Waals surface area contributed by atoms with Crippen LogP contribution in [0.3, 0.4) is 0 Å². The second-order valence-electron chi connectivity index (χ2n) is 3.94. The van der Waals surface area contributed by atoms with E-state index in [0.717, 1.165) is 12.8 Å². The van der Waals surface area contributed by atoms with Crippen molar-refractivity contribution >= 4 is 12.0 Å². The number of cyclic esters (lactones) is 1. The molecule has 2 amide bonds. The molecule has 1 heterocycles. The van der Waals surface area contributed by atoms with Gasteiger partial charge in [-0.25, -0.2) is 4.79 Å². The Morgan fingerprint density at radius 1 is 1.33 bits per heavy atom. The van der Waals surface area contributed by atoms with Gasteiger partial charge in [-0.2, -0.15) is 0 Å². The van der Waals surface area contributed by atoms with E-state index in [1.807, 2.05) is 6.92 Å². The Hall–Kier alpha value is -1.06. The maximum absolute atomic E-state index is 11.3. The summed E-state index contributed by atoms with van der Waals surface area (Å²) < 4.78 is 4.99. The van der Waals surface area contributed by atoms with E-state index in [-0.39, 0.29) is 11.3 Å². The summed E-state index contributed by atoms with van der Waals surface area (Å²) in [7, 11) is 0. The van der Waals surface area contributed by atoms with Gasteiger partial charge in [0.25, 0.3) is 5.91 Å². The van der Waals surface area contributed by atoms with Crippen LogP contribution in [0.1, 0.15) is 26.7 Å². The van der Waals surface area contributed by atoms with Crippen molar-refractivity contribution in [3.05, 3.63) is 0 Å². The topological polar surface area (TPSA) is 55.4 Å². The van der Waals surface area contributed by atoms with Crippen LogP contribution in [0.2, 0.25) is 0 Å². The molecule has 1 aliphatic carbocycles. The third-order valence-corrected chi connectivity index (χ3v) is 3.10. The summed E-state index contributed by atoms with van der Waals surface area (Å²) in [5.74, 6) is -0.299. The molecule has 4 nitrogen and oxygen atoms in total. The van der Waals surface area contributed by atoms with E-state index >= 15 is 0 Å². The highest BCUT2D eigenvalue weighted by Crippen LogP contribution is 2.56. The third kappa shape index (κ3) is 0.722. The predicted molar refractivity (Wildman–Crippen MR) is 40.4 cm³/mol. The monoisotopic (exact) mass is 169 g/mol. The number of carbonyl (C=O) groups is 2. The second-order valence-corrected chi connectivity index (χ2v) is 3.94. The Kier molecular flexibility index (Phi) is 1.14.